The fourth-order valence-electron chi connectivity index (χ4n) is 1.69. The third-order valence-electron chi connectivity index (χ3n) is 2.92. The summed E-state index contributed by atoms with van der Waals surface area (Å²) in [6, 6.07) is 9.45. The summed E-state index contributed by atoms with van der Waals surface area (Å²) in [6.45, 7) is 6.00. The lowest BCUT2D eigenvalue weighted by Crippen LogP contribution is -2.04. The van der Waals surface area contributed by atoms with Crippen molar-refractivity contribution in [1.82, 2.24) is 4.98 Å². The van der Waals surface area contributed by atoms with Gasteiger partial charge in [0.05, 0.1) is 0 Å². The van der Waals surface area contributed by atoms with E-state index in [4.69, 9.17) is 0 Å². The van der Waals surface area contributed by atoms with Crippen LogP contribution in [0, 0.1) is 20.8 Å². The minimum atomic E-state index is -0.0169. The van der Waals surface area contributed by atoms with Gasteiger partial charge in [-0.25, -0.2) is 0 Å². The van der Waals surface area contributed by atoms with Gasteiger partial charge in [0, 0.05) is 11.8 Å². The topological polar surface area (TPSA) is 30.0 Å². The lowest BCUT2D eigenvalue weighted by molar-refractivity contribution is 0.103. The molecule has 0 aliphatic heterocycles. The minimum absolute atomic E-state index is 0.0169. The molecule has 0 bridgehead atoms. The number of rotatable bonds is 2. The third kappa shape index (κ3) is 2.41. The summed E-state index contributed by atoms with van der Waals surface area (Å²) in [5, 5.41) is 0. The Kier molecular flexibility index (Phi) is 3.05. The molecule has 0 atom stereocenters. The van der Waals surface area contributed by atoms with E-state index in [2.05, 4.69) is 4.98 Å². The quantitative estimate of drug-likeness (QED) is 0.734. The van der Waals surface area contributed by atoms with Crippen molar-refractivity contribution in [2.24, 2.45) is 0 Å². The maximum atomic E-state index is 12.2. The van der Waals surface area contributed by atoms with Gasteiger partial charge in [-0.2, -0.15) is 0 Å². The summed E-state index contributed by atoms with van der Waals surface area (Å²) in [7, 11) is 0. The molecule has 17 heavy (non-hydrogen) atoms. The molecule has 0 unspecified atom stereocenters. The minimum Gasteiger partial charge on any atom is -0.287 e. The maximum Gasteiger partial charge on any atom is 0.211 e. The number of carbonyl (C=O) groups is 1. The summed E-state index contributed by atoms with van der Waals surface area (Å²) in [4.78, 5) is 16.3. The first kappa shape index (κ1) is 11.5. The van der Waals surface area contributed by atoms with Gasteiger partial charge in [0.1, 0.15) is 5.69 Å². The highest BCUT2D eigenvalue weighted by molar-refractivity contribution is 6.07. The van der Waals surface area contributed by atoms with Gasteiger partial charge in [0.2, 0.25) is 5.78 Å². The van der Waals surface area contributed by atoms with E-state index in [9.17, 15) is 4.79 Å². The van der Waals surface area contributed by atoms with E-state index in [-0.39, 0.29) is 5.78 Å². The average molecular weight is 225 g/mol. The van der Waals surface area contributed by atoms with Crippen LogP contribution in [0.4, 0.5) is 0 Å². The molecule has 86 valence electrons. The lowest BCUT2D eigenvalue weighted by atomic mass is 10.0. The van der Waals surface area contributed by atoms with E-state index in [0.717, 1.165) is 11.1 Å². The Morgan fingerprint density at radius 2 is 1.76 bits per heavy atom. The maximum absolute atomic E-state index is 12.2. The van der Waals surface area contributed by atoms with Crippen LogP contribution >= 0.6 is 0 Å². The number of hydrogen-bond donors (Lipinski definition) is 0. The molecule has 2 rings (SSSR count). The van der Waals surface area contributed by atoms with Crippen LogP contribution in [-0.4, -0.2) is 10.8 Å². The summed E-state index contributed by atoms with van der Waals surface area (Å²) in [6.07, 6.45) is 1.67. The number of nitrogens with zero attached hydrogens (tertiary/aromatic N) is 1. The summed E-state index contributed by atoms with van der Waals surface area (Å²) >= 11 is 0. The molecule has 1 heterocycles. The SMILES string of the molecule is Cc1ccnc(C(=O)c2ccc(C)c(C)c2)c1. The third-order valence-corrected chi connectivity index (χ3v) is 2.92. The predicted octanol–water partition coefficient (Wildman–Crippen LogP) is 3.24. The van der Waals surface area contributed by atoms with Gasteiger partial charge < -0.3 is 0 Å². The fourth-order valence-corrected chi connectivity index (χ4v) is 1.69. The first-order chi connectivity index (χ1) is 8.08. The van der Waals surface area contributed by atoms with Crippen LogP contribution in [0.25, 0.3) is 0 Å². The molecule has 0 spiro atoms. The van der Waals surface area contributed by atoms with Crippen molar-refractivity contribution in [3.63, 3.8) is 0 Å². The van der Waals surface area contributed by atoms with Gasteiger partial charge in [-0.15, -0.1) is 0 Å². The zero-order valence-corrected chi connectivity index (χ0v) is 10.3. The molecule has 2 aromatic rings. The predicted molar refractivity (Wildman–Crippen MR) is 68.3 cm³/mol. The molecule has 0 fully saturated rings. The van der Waals surface area contributed by atoms with Crippen molar-refractivity contribution in [1.29, 1.82) is 0 Å². The Bertz CT molecular complexity index is 573. The molecule has 0 saturated heterocycles. The highest BCUT2D eigenvalue weighted by Crippen LogP contribution is 2.13. The summed E-state index contributed by atoms with van der Waals surface area (Å²) < 4.78 is 0. The Morgan fingerprint density at radius 1 is 1.00 bits per heavy atom. The Labute approximate surface area is 101 Å². The summed E-state index contributed by atoms with van der Waals surface area (Å²) in [5.41, 5.74) is 4.58. The van der Waals surface area contributed by atoms with Gasteiger partial charge in [-0.1, -0.05) is 12.1 Å². The van der Waals surface area contributed by atoms with Crippen LogP contribution in [0.15, 0.2) is 36.5 Å². The van der Waals surface area contributed by atoms with E-state index < -0.39 is 0 Å². The normalized spacial score (nSPS) is 10.3. The monoisotopic (exact) mass is 225 g/mol. The van der Waals surface area contributed by atoms with Gasteiger partial charge in [-0.3, -0.25) is 9.78 Å². The van der Waals surface area contributed by atoms with Crippen molar-refractivity contribution in [3.05, 3.63) is 64.5 Å². The number of aryl methyl sites for hydroxylation is 3. The standard InChI is InChI=1S/C15H15NO/c1-10-6-7-16-14(8-10)15(17)13-5-4-11(2)12(3)9-13/h4-9H,1-3H3. The molecule has 0 aliphatic carbocycles. The number of benzene rings is 1. The Balaban J connectivity index is 2.40. The number of aromatic nitrogens is 1. The van der Waals surface area contributed by atoms with Crippen LogP contribution in [0.5, 0.6) is 0 Å². The van der Waals surface area contributed by atoms with Crippen LogP contribution in [0.2, 0.25) is 0 Å². The van der Waals surface area contributed by atoms with Crippen LogP contribution < -0.4 is 0 Å². The zero-order valence-electron chi connectivity index (χ0n) is 10.3. The second kappa shape index (κ2) is 4.50. The molecular weight excluding hydrogens is 210 g/mol. The van der Waals surface area contributed by atoms with Gasteiger partial charge in [0.15, 0.2) is 0 Å². The average Bonchev–Trinajstić information content (AvgIpc) is 2.32. The van der Waals surface area contributed by atoms with Crippen LogP contribution in [0.1, 0.15) is 32.7 Å². The molecular formula is C15H15NO. The smallest absolute Gasteiger partial charge is 0.211 e. The van der Waals surface area contributed by atoms with Crippen molar-refractivity contribution in [2.75, 3.05) is 0 Å². The van der Waals surface area contributed by atoms with Gasteiger partial charge in [-0.05, 0) is 55.7 Å². The van der Waals surface area contributed by atoms with Crippen LogP contribution in [0.3, 0.4) is 0 Å². The van der Waals surface area contributed by atoms with E-state index >= 15 is 0 Å². The highest BCUT2D eigenvalue weighted by Gasteiger charge is 2.10. The first-order valence-corrected chi connectivity index (χ1v) is 5.62. The van der Waals surface area contributed by atoms with Gasteiger partial charge in [0.25, 0.3) is 0 Å². The van der Waals surface area contributed by atoms with E-state index in [0.29, 0.717) is 11.3 Å². The number of carbonyl (C=O) groups excluding carboxylic acids is 1. The second-order valence-corrected chi connectivity index (χ2v) is 4.35. The largest absolute Gasteiger partial charge is 0.287 e. The fraction of sp³-hybridized carbons (Fsp3) is 0.200. The van der Waals surface area contributed by atoms with Crippen molar-refractivity contribution >= 4 is 5.78 Å². The molecule has 1 aromatic carbocycles. The van der Waals surface area contributed by atoms with Gasteiger partial charge >= 0.3 is 0 Å². The number of ketones is 1. The first-order valence-electron chi connectivity index (χ1n) is 5.62. The van der Waals surface area contributed by atoms with E-state index in [1.165, 1.54) is 5.56 Å². The van der Waals surface area contributed by atoms with Crippen LogP contribution in [-0.2, 0) is 0 Å². The Hall–Kier alpha value is -1.96. The molecule has 2 nitrogen and oxygen atoms in total. The second-order valence-electron chi connectivity index (χ2n) is 4.35. The zero-order chi connectivity index (χ0) is 12.4. The Morgan fingerprint density at radius 3 is 2.41 bits per heavy atom. The number of pyridine rings is 1. The molecule has 0 N–H and O–H groups in total. The molecule has 2 heteroatoms. The van der Waals surface area contributed by atoms with E-state index in [1.807, 2.05) is 51.1 Å². The van der Waals surface area contributed by atoms with E-state index in [1.54, 1.807) is 6.20 Å². The van der Waals surface area contributed by atoms with Crippen molar-refractivity contribution in [2.45, 2.75) is 20.8 Å². The number of hydrogen-bond acceptors (Lipinski definition) is 2. The molecule has 0 saturated carbocycles. The van der Waals surface area contributed by atoms with Crippen molar-refractivity contribution < 1.29 is 4.79 Å². The molecule has 1 aromatic heterocycles. The molecule has 0 radical (unpaired) electrons. The summed E-state index contributed by atoms with van der Waals surface area (Å²) in [5.74, 6) is -0.0169. The lowest BCUT2D eigenvalue weighted by Gasteiger charge is -2.04. The van der Waals surface area contributed by atoms with Crippen molar-refractivity contribution in [3.8, 4) is 0 Å². The molecule has 0 aliphatic rings. The molecule has 0 amide bonds. The highest BCUT2D eigenvalue weighted by atomic mass is 16.1.